The summed E-state index contributed by atoms with van der Waals surface area (Å²) in [5.41, 5.74) is 1.83. The van der Waals surface area contributed by atoms with Gasteiger partial charge < -0.3 is 5.32 Å². The van der Waals surface area contributed by atoms with Gasteiger partial charge in [-0.1, -0.05) is 18.6 Å². The third-order valence-corrected chi connectivity index (χ3v) is 2.39. The summed E-state index contributed by atoms with van der Waals surface area (Å²) >= 11 is 0. The van der Waals surface area contributed by atoms with E-state index in [1.165, 1.54) is 19.3 Å². The van der Waals surface area contributed by atoms with E-state index < -0.39 is 0 Å². The Balaban J connectivity index is 2.31. The zero-order chi connectivity index (χ0) is 9.90. The van der Waals surface area contributed by atoms with Crippen molar-refractivity contribution in [1.29, 1.82) is 0 Å². The molecular formula is C12H23N. The Kier molecular flexibility index (Phi) is 3.55. The molecule has 0 spiro atoms. The Hall–Kier alpha value is -0.300. The molecule has 0 saturated heterocycles. The van der Waals surface area contributed by atoms with E-state index in [2.05, 4.69) is 39.1 Å². The van der Waals surface area contributed by atoms with Crippen LogP contribution in [0.3, 0.4) is 0 Å². The van der Waals surface area contributed by atoms with Crippen LogP contribution >= 0.6 is 0 Å². The topological polar surface area (TPSA) is 12.0 Å². The summed E-state index contributed by atoms with van der Waals surface area (Å²) in [7, 11) is 0. The molecule has 1 rings (SSSR count). The molecule has 0 radical (unpaired) electrons. The molecule has 1 aliphatic rings. The van der Waals surface area contributed by atoms with Crippen LogP contribution in [0, 0.1) is 5.92 Å². The van der Waals surface area contributed by atoms with E-state index in [1.54, 1.807) is 5.57 Å². The molecule has 0 atom stereocenters. The van der Waals surface area contributed by atoms with Crippen molar-refractivity contribution in [1.82, 2.24) is 5.32 Å². The fourth-order valence-corrected chi connectivity index (χ4v) is 1.28. The lowest BCUT2D eigenvalue weighted by molar-refractivity contribution is 0.442. The van der Waals surface area contributed by atoms with Crippen LogP contribution < -0.4 is 5.32 Å². The van der Waals surface area contributed by atoms with Crippen LogP contribution in [0.2, 0.25) is 0 Å². The summed E-state index contributed by atoms with van der Waals surface area (Å²) in [5, 5.41) is 3.54. The molecule has 0 aromatic carbocycles. The van der Waals surface area contributed by atoms with E-state index in [1.807, 2.05) is 0 Å². The zero-order valence-electron chi connectivity index (χ0n) is 9.48. The molecule has 76 valence electrons. The largest absolute Gasteiger partial charge is 0.308 e. The van der Waals surface area contributed by atoms with Crippen LogP contribution in [0.4, 0.5) is 0 Å². The first-order valence-electron chi connectivity index (χ1n) is 5.46. The van der Waals surface area contributed by atoms with Gasteiger partial charge in [0.2, 0.25) is 0 Å². The van der Waals surface area contributed by atoms with Gasteiger partial charge in [0.15, 0.2) is 0 Å². The molecule has 1 saturated carbocycles. The first-order chi connectivity index (χ1) is 6.01. The monoisotopic (exact) mass is 181 g/mol. The molecule has 0 bridgehead atoms. The zero-order valence-corrected chi connectivity index (χ0v) is 9.48. The minimum absolute atomic E-state index is 0.248. The molecule has 1 heteroatoms. The third kappa shape index (κ3) is 5.09. The lowest BCUT2D eigenvalue weighted by Crippen LogP contribution is -2.37. The molecule has 0 unspecified atom stereocenters. The average molecular weight is 181 g/mol. The van der Waals surface area contributed by atoms with E-state index in [9.17, 15) is 0 Å². The van der Waals surface area contributed by atoms with Crippen molar-refractivity contribution in [3.8, 4) is 0 Å². The fourth-order valence-electron chi connectivity index (χ4n) is 1.28. The number of nitrogens with one attached hydrogen (secondary N) is 1. The lowest BCUT2D eigenvalue weighted by Gasteiger charge is -2.21. The van der Waals surface area contributed by atoms with E-state index in [0.717, 1.165) is 12.5 Å². The molecule has 1 N–H and O–H groups in total. The van der Waals surface area contributed by atoms with E-state index in [4.69, 9.17) is 0 Å². The number of hydrogen-bond donors (Lipinski definition) is 1. The smallest absolute Gasteiger partial charge is 0.0169 e. The van der Waals surface area contributed by atoms with Crippen LogP contribution in [0.1, 0.15) is 47.0 Å². The van der Waals surface area contributed by atoms with Crippen LogP contribution in [0.15, 0.2) is 11.6 Å². The van der Waals surface area contributed by atoms with E-state index in [0.29, 0.717) is 0 Å². The molecule has 0 amide bonds. The van der Waals surface area contributed by atoms with Crippen molar-refractivity contribution >= 4 is 0 Å². The van der Waals surface area contributed by atoms with Crippen molar-refractivity contribution in [2.24, 2.45) is 5.92 Å². The average Bonchev–Trinajstić information content (AvgIpc) is 2.79. The Labute approximate surface area is 82.6 Å². The van der Waals surface area contributed by atoms with Crippen molar-refractivity contribution < 1.29 is 0 Å². The van der Waals surface area contributed by atoms with Gasteiger partial charge in [-0.15, -0.1) is 0 Å². The molecule has 0 aromatic heterocycles. The standard InChI is InChI=1S/C12H23N/c1-5-10(8-11-6-7-11)9-13-12(2,3)4/h8,11,13H,5-7,9H2,1-4H3. The second kappa shape index (κ2) is 4.28. The van der Waals surface area contributed by atoms with Gasteiger partial charge in [-0.3, -0.25) is 0 Å². The molecule has 1 nitrogen and oxygen atoms in total. The van der Waals surface area contributed by atoms with E-state index in [-0.39, 0.29) is 5.54 Å². The fraction of sp³-hybridized carbons (Fsp3) is 0.833. The second-order valence-electron chi connectivity index (χ2n) is 5.12. The molecule has 1 fully saturated rings. The van der Waals surface area contributed by atoms with Crippen LogP contribution in [0.25, 0.3) is 0 Å². The van der Waals surface area contributed by atoms with Crippen LogP contribution in [0.5, 0.6) is 0 Å². The minimum atomic E-state index is 0.248. The van der Waals surface area contributed by atoms with Crippen molar-refractivity contribution in [3.63, 3.8) is 0 Å². The molecular weight excluding hydrogens is 158 g/mol. The van der Waals surface area contributed by atoms with Gasteiger partial charge in [0, 0.05) is 12.1 Å². The summed E-state index contributed by atoms with van der Waals surface area (Å²) in [4.78, 5) is 0. The van der Waals surface area contributed by atoms with Gasteiger partial charge >= 0.3 is 0 Å². The number of hydrogen-bond acceptors (Lipinski definition) is 1. The Morgan fingerprint density at radius 1 is 1.38 bits per heavy atom. The second-order valence-corrected chi connectivity index (χ2v) is 5.12. The summed E-state index contributed by atoms with van der Waals surface area (Å²) in [5.74, 6) is 0.914. The Morgan fingerprint density at radius 3 is 2.38 bits per heavy atom. The lowest BCUT2D eigenvalue weighted by atomic mass is 10.1. The maximum absolute atomic E-state index is 3.54. The van der Waals surface area contributed by atoms with Crippen molar-refractivity contribution in [2.45, 2.75) is 52.5 Å². The van der Waals surface area contributed by atoms with Gasteiger partial charge in [0.1, 0.15) is 0 Å². The highest BCUT2D eigenvalue weighted by Crippen LogP contribution is 2.31. The van der Waals surface area contributed by atoms with Crippen LogP contribution in [-0.2, 0) is 0 Å². The Morgan fingerprint density at radius 2 is 2.00 bits per heavy atom. The highest BCUT2D eigenvalue weighted by atomic mass is 14.9. The number of allylic oxidation sites excluding steroid dienone is 1. The van der Waals surface area contributed by atoms with Gasteiger partial charge in [-0.2, -0.15) is 0 Å². The van der Waals surface area contributed by atoms with E-state index >= 15 is 0 Å². The third-order valence-electron chi connectivity index (χ3n) is 2.39. The summed E-state index contributed by atoms with van der Waals surface area (Å²) in [6, 6.07) is 0. The normalized spacial score (nSPS) is 19.2. The molecule has 0 aromatic rings. The van der Waals surface area contributed by atoms with Gasteiger partial charge in [-0.05, 0) is 46.0 Å². The molecule has 0 heterocycles. The quantitative estimate of drug-likeness (QED) is 0.657. The summed E-state index contributed by atoms with van der Waals surface area (Å²) < 4.78 is 0. The van der Waals surface area contributed by atoms with Gasteiger partial charge in [0.25, 0.3) is 0 Å². The van der Waals surface area contributed by atoms with Gasteiger partial charge in [-0.25, -0.2) is 0 Å². The van der Waals surface area contributed by atoms with Crippen molar-refractivity contribution in [2.75, 3.05) is 6.54 Å². The summed E-state index contributed by atoms with van der Waals surface area (Å²) in [6.45, 7) is 9.97. The minimum Gasteiger partial charge on any atom is -0.308 e. The predicted octanol–water partition coefficient (Wildman–Crippen LogP) is 3.12. The maximum atomic E-state index is 3.54. The summed E-state index contributed by atoms with van der Waals surface area (Å²) in [6.07, 6.45) is 6.50. The highest BCUT2D eigenvalue weighted by molar-refractivity contribution is 5.09. The Bertz CT molecular complexity index is 182. The van der Waals surface area contributed by atoms with Crippen LogP contribution in [-0.4, -0.2) is 12.1 Å². The molecule has 13 heavy (non-hydrogen) atoms. The molecule has 0 aliphatic heterocycles. The SMILES string of the molecule is CCC(=CC1CC1)CNC(C)(C)C. The predicted molar refractivity (Wildman–Crippen MR) is 58.9 cm³/mol. The van der Waals surface area contributed by atoms with Gasteiger partial charge in [0.05, 0.1) is 0 Å². The first kappa shape index (κ1) is 10.8. The maximum Gasteiger partial charge on any atom is 0.0169 e. The highest BCUT2D eigenvalue weighted by Gasteiger charge is 2.19. The number of rotatable bonds is 4. The van der Waals surface area contributed by atoms with Crippen molar-refractivity contribution in [3.05, 3.63) is 11.6 Å². The molecule has 1 aliphatic carbocycles. The first-order valence-corrected chi connectivity index (χ1v) is 5.46.